The molecule has 1 fully saturated rings. The Morgan fingerprint density at radius 1 is 1.38 bits per heavy atom. The van der Waals surface area contributed by atoms with Crippen molar-refractivity contribution in [1.82, 2.24) is 9.21 Å². The standard InChI is InChI=1S/C17H23FN2O3S/c1-3-20(24(2,22)23)16-9-11-19(12-10-16)17(21)8-7-14-5-4-6-15(18)13-14/h4-8,13,16H,3,9-12H2,1-2H3. The maximum Gasteiger partial charge on any atom is 0.246 e. The van der Waals surface area contributed by atoms with E-state index in [1.165, 1.54) is 28.8 Å². The molecule has 1 amide bonds. The number of hydrogen-bond donors (Lipinski definition) is 0. The molecule has 0 spiro atoms. The van der Waals surface area contributed by atoms with Gasteiger partial charge in [-0.15, -0.1) is 0 Å². The predicted octanol–water partition coefficient (Wildman–Crippen LogP) is 2.11. The van der Waals surface area contributed by atoms with Crippen LogP contribution in [0.15, 0.2) is 30.3 Å². The lowest BCUT2D eigenvalue weighted by Crippen LogP contribution is -2.48. The van der Waals surface area contributed by atoms with Gasteiger partial charge in [0.25, 0.3) is 0 Å². The van der Waals surface area contributed by atoms with Crippen molar-refractivity contribution in [3.63, 3.8) is 0 Å². The van der Waals surface area contributed by atoms with E-state index in [4.69, 9.17) is 0 Å². The molecule has 1 aliphatic rings. The molecule has 0 aromatic heterocycles. The van der Waals surface area contributed by atoms with Gasteiger partial charge in [0.2, 0.25) is 15.9 Å². The van der Waals surface area contributed by atoms with Gasteiger partial charge in [0.05, 0.1) is 6.26 Å². The SMILES string of the molecule is CCN(C1CCN(C(=O)C=Cc2cccc(F)c2)CC1)S(C)(=O)=O. The van der Waals surface area contributed by atoms with Crippen molar-refractivity contribution in [3.05, 3.63) is 41.7 Å². The highest BCUT2D eigenvalue weighted by Gasteiger charge is 2.29. The number of piperidine rings is 1. The largest absolute Gasteiger partial charge is 0.339 e. The quantitative estimate of drug-likeness (QED) is 0.761. The van der Waals surface area contributed by atoms with Crippen molar-refractivity contribution in [2.45, 2.75) is 25.8 Å². The minimum absolute atomic E-state index is 0.0544. The summed E-state index contributed by atoms with van der Waals surface area (Å²) in [7, 11) is -3.22. The Bertz CT molecular complexity index is 710. The van der Waals surface area contributed by atoms with Gasteiger partial charge in [0.15, 0.2) is 0 Å². The number of likely N-dealkylation sites (tertiary alicyclic amines) is 1. The zero-order valence-corrected chi connectivity index (χ0v) is 14.8. The fraction of sp³-hybridized carbons (Fsp3) is 0.471. The Balaban J connectivity index is 1.93. The Hall–Kier alpha value is -1.73. The van der Waals surface area contributed by atoms with Crippen LogP contribution in [0.5, 0.6) is 0 Å². The number of amides is 1. The van der Waals surface area contributed by atoms with E-state index in [0.29, 0.717) is 38.0 Å². The third kappa shape index (κ3) is 4.88. The van der Waals surface area contributed by atoms with Gasteiger partial charge in [-0.1, -0.05) is 19.1 Å². The average Bonchev–Trinajstić information content (AvgIpc) is 2.53. The first-order valence-electron chi connectivity index (χ1n) is 8.00. The molecule has 24 heavy (non-hydrogen) atoms. The second-order valence-corrected chi connectivity index (χ2v) is 7.85. The number of sulfonamides is 1. The highest BCUT2D eigenvalue weighted by molar-refractivity contribution is 7.88. The molecular formula is C17H23FN2O3S. The Kier molecular flexibility index (Phi) is 6.12. The highest BCUT2D eigenvalue weighted by Crippen LogP contribution is 2.19. The number of rotatable bonds is 5. The average molecular weight is 354 g/mol. The number of carbonyl (C=O) groups excluding carboxylic acids is 1. The van der Waals surface area contributed by atoms with Gasteiger partial charge in [0, 0.05) is 31.8 Å². The molecule has 0 aliphatic carbocycles. The molecule has 5 nitrogen and oxygen atoms in total. The number of carbonyl (C=O) groups is 1. The smallest absolute Gasteiger partial charge is 0.246 e. The van der Waals surface area contributed by atoms with E-state index >= 15 is 0 Å². The van der Waals surface area contributed by atoms with Crippen LogP contribution in [0.3, 0.4) is 0 Å². The van der Waals surface area contributed by atoms with E-state index in [9.17, 15) is 17.6 Å². The van der Waals surface area contributed by atoms with Crippen LogP contribution in [0, 0.1) is 5.82 Å². The molecular weight excluding hydrogens is 331 g/mol. The molecule has 0 N–H and O–H groups in total. The third-order valence-corrected chi connectivity index (χ3v) is 5.60. The summed E-state index contributed by atoms with van der Waals surface area (Å²) >= 11 is 0. The van der Waals surface area contributed by atoms with Gasteiger partial charge >= 0.3 is 0 Å². The van der Waals surface area contributed by atoms with Crippen molar-refractivity contribution < 1.29 is 17.6 Å². The lowest BCUT2D eigenvalue weighted by Gasteiger charge is -2.36. The van der Waals surface area contributed by atoms with Crippen LogP contribution in [0.25, 0.3) is 6.08 Å². The molecule has 132 valence electrons. The van der Waals surface area contributed by atoms with E-state index in [2.05, 4.69) is 0 Å². The zero-order valence-electron chi connectivity index (χ0n) is 14.0. The Labute approximate surface area is 142 Å². The van der Waals surface area contributed by atoms with Crippen molar-refractivity contribution in [3.8, 4) is 0 Å². The molecule has 1 saturated heterocycles. The van der Waals surface area contributed by atoms with Crippen molar-refractivity contribution >= 4 is 22.0 Å². The molecule has 1 aromatic carbocycles. The molecule has 1 heterocycles. The van der Waals surface area contributed by atoms with Crippen LogP contribution >= 0.6 is 0 Å². The number of nitrogens with zero attached hydrogens (tertiary/aromatic N) is 2. The first kappa shape index (κ1) is 18.6. The molecule has 0 saturated carbocycles. The second kappa shape index (κ2) is 7.90. The van der Waals surface area contributed by atoms with Crippen LogP contribution in [-0.4, -0.2) is 55.5 Å². The first-order chi connectivity index (χ1) is 11.3. The summed E-state index contributed by atoms with van der Waals surface area (Å²) < 4.78 is 38.1. The third-order valence-electron chi connectivity index (χ3n) is 4.19. The van der Waals surface area contributed by atoms with E-state index in [0.717, 1.165) is 0 Å². The molecule has 0 radical (unpaired) electrons. The maximum atomic E-state index is 13.1. The summed E-state index contributed by atoms with van der Waals surface area (Å²) in [6.45, 7) is 3.29. The van der Waals surface area contributed by atoms with E-state index in [1.807, 2.05) is 6.92 Å². The molecule has 7 heteroatoms. The second-order valence-electron chi connectivity index (χ2n) is 5.91. The zero-order chi connectivity index (χ0) is 17.7. The minimum Gasteiger partial charge on any atom is -0.339 e. The van der Waals surface area contributed by atoms with Crippen molar-refractivity contribution in [2.24, 2.45) is 0 Å². The fourth-order valence-electron chi connectivity index (χ4n) is 3.02. The summed E-state index contributed by atoms with van der Waals surface area (Å²) in [5.41, 5.74) is 0.632. The molecule has 1 aliphatic heterocycles. The van der Waals surface area contributed by atoms with Crippen molar-refractivity contribution in [2.75, 3.05) is 25.9 Å². The molecule has 0 bridgehead atoms. The minimum atomic E-state index is -3.22. The highest BCUT2D eigenvalue weighted by atomic mass is 32.2. The van der Waals surface area contributed by atoms with E-state index < -0.39 is 10.0 Å². The van der Waals surface area contributed by atoms with Gasteiger partial charge in [-0.25, -0.2) is 12.8 Å². The predicted molar refractivity (Wildman–Crippen MR) is 92.3 cm³/mol. The Morgan fingerprint density at radius 2 is 2.04 bits per heavy atom. The summed E-state index contributed by atoms with van der Waals surface area (Å²) in [4.78, 5) is 13.9. The molecule has 0 atom stereocenters. The van der Waals surface area contributed by atoms with Crippen LogP contribution in [0.2, 0.25) is 0 Å². The Morgan fingerprint density at radius 3 is 2.58 bits per heavy atom. The number of halogens is 1. The summed E-state index contributed by atoms with van der Waals surface area (Å²) in [6.07, 6.45) is 5.49. The lowest BCUT2D eigenvalue weighted by atomic mass is 10.0. The van der Waals surface area contributed by atoms with Gasteiger partial charge in [-0.2, -0.15) is 4.31 Å². The summed E-state index contributed by atoms with van der Waals surface area (Å²) in [5, 5.41) is 0. The van der Waals surface area contributed by atoms with Crippen LogP contribution in [0.4, 0.5) is 4.39 Å². The number of benzene rings is 1. The van der Waals surface area contributed by atoms with Gasteiger partial charge in [-0.05, 0) is 36.6 Å². The van der Waals surface area contributed by atoms with E-state index in [-0.39, 0.29) is 17.8 Å². The summed E-state index contributed by atoms with van der Waals surface area (Å²) in [5.74, 6) is -0.481. The fourth-order valence-corrected chi connectivity index (χ4v) is 4.24. The van der Waals surface area contributed by atoms with Crippen LogP contribution in [-0.2, 0) is 14.8 Å². The lowest BCUT2D eigenvalue weighted by molar-refractivity contribution is -0.127. The normalized spacial score (nSPS) is 16.9. The van der Waals surface area contributed by atoms with E-state index in [1.54, 1.807) is 23.1 Å². The van der Waals surface area contributed by atoms with Crippen LogP contribution < -0.4 is 0 Å². The monoisotopic (exact) mass is 354 g/mol. The maximum absolute atomic E-state index is 13.1. The molecule has 1 aromatic rings. The topological polar surface area (TPSA) is 57.7 Å². The van der Waals surface area contributed by atoms with Gasteiger partial charge in [0.1, 0.15) is 5.82 Å². The molecule has 2 rings (SSSR count). The van der Waals surface area contributed by atoms with Crippen molar-refractivity contribution in [1.29, 1.82) is 0 Å². The summed E-state index contributed by atoms with van der Waals surface area (Å²) in [6, 6.07) is 5.98. The van der Waals surface area contributed by atoms with Gasteiger partial charge < -0.3 is 4.90 Å². The number of hydrogen-bond acceptors (Lipinski definition) is 3. The van der Waals surface area contributed by atoms with Crippen LogP contribution in [0.1, 0.15) is 25.3 Å². The van der Waals surface area contributed by atoms with Gasteiger partial charge in [-0.3, -0.25) is 4.79 Å². The molecule has 0 unspecified atom stereocenters. The first-order valence-corrected chi connectivity index (χ1v) is 9.85.